The molecule has 146 valence electrons. The predicted molar refractivity (Wildman–Crippen MR) is 91.1 cm³/mol. The third-order valence-electron chi connectivity index (χ3n) is 3.87. The molecular formula is C15H13F3N8O2. The molecule has 1 saturated heterocycles. The molecule has 1 aliphatic rings. The lowest BCUT2D eigenvalue weighted by Crippen LogP contribution is -2.44. The third kappa shape index (κ3) is 3.91. The van der Waals surface area contributed by atoms with Crippen LogP contribution < -0.4 is 10.2 Å². The molecule has 0 amide bonds. The Kier molecular flexibility index (Phi) is 5.23. The molecule has 0 spiro atoms. The lowest BCUT2D eigenvalue weighted by Gasteiger charge is -2.28. The number of carboxylic acid groups (broad SMARTS) is 1. The first kappa shape index (κ1) is 19.2. The lowest BCUT2D eigenvalue weighted by atomic mass is 10.2. The molecule has 4 rings (SSSR count). The molecule has 0 radical (unpaired) electrons. The first-order valence-corrected chi connectivity index (χ1v) is 7.96. The number of rotatable bonds is 1. The SMILES string of the molecule is O=C(O)C(F)(F)F.[C-]#[N+]c1ccc2nc(N3CCNCC3)c3nnnn3c2c1. The molecule has 0 saturated carbocycles. The minimum atomic E-state index is -5.08. The number of aromatic nitrogens is 5. The van der Waals surface area contributed by atoms with Crippen LogP contribution in [0.1, 0.15) is 0 Å². The van der Waals surface area contributed by atoms with E-state index in [1.54, 1.807) is 16.6 Å². The summed E-state index contributed by atoms with van der Waals surface area (Å²) in [7, 11) is 0. The normalized spacial score (nSPS) is 14.4. The zero-order chi connectivity index (χ0) is 20.3. The minimum Gasteiger partial charge on any atom is -0.475 e. The predicted octanol–water partition coefficient (Wildman–Crippen LogP) is 1.27. The van der Waals surface area contributed by atoms with E-state index in [2.05, 4.69) is 30.6 Å². The quantitative estimate of drug-likeness (QED) is 0.594. The number of nitrogens with one attached hydrogen (secondary N) is 1. The first-order valence-electron chi connectivity index (χ1n) is 7.96. The third-order valence-corrected chi connectivity index (χ3v) is 3.87. The summed E-state index contributed by atoms with van der Waals surface area (Å²) >= 11 is 0. The largest absolute Gasteiger partial charge is 0.490 e. The summed E-state index contributed by atoms with van der Waals surface area (Å²) in [6, 6.07) is 5.37. The van der Waals surface area contributed by atoms with Crippen molar-refractivity contribution in [1.29, 1.82) is 0 Å². The molecule has 2 N–H and O–H groups in total. The van der Waals surface area contributed by atoms with Crippen LogP contribution in [-0.2, 0) is 4.79 Å². The lowest BCUT2D eigenvalue weighted by molar-refractivity contribution is -0.192. The summed E-state index contributed by atoms with van der Waals surface area (Å²) in [5.41, 5.74) is 2.72. The highest BCUT2D eigenvalue weighted by Crippen LogP contribution is 2.25. The van der Waals surface area contributed by atoms with E-state index in [0.717, 1.165) is 43.0 Å². The van der Waals surface area contributed by atoms with Gasteiger partial charge in [0.1, 0.15) is 0 Å². The number of carboxylic acids is 1. The number of carbonyl (C=O) groups is 1. The van der Waals surface area contributed by atoms with Crippen molar-refractivity contribution in [2.75, 3.05) is 31.1 Å². The van der Waals surface area contributed by atoms with Gasteiger partial charge >= 0.3 is 12.1 Å². The average molecular weight is 394 g/mol. The van der Waals surface area contributed by atoms with E-state index in [1.807, 2.05) is 6.07 Å². The number of halogens is 3. The van der Waals surface area contributed by atoms with E-state index < -0.39 is 12.1 Å². The molecule has 3 aromatic rings. The van der Waals surface area contributed by atoms with E-state index in [9.17, 15) is 13.2 Å². The molecule has 1 fully saturated rings. The van der Waals surface area contributed by atoms with Gasteiger partial charge in [-0.15, -0.1) is 5.10 Å². The summed E-state index contributed by atoms with van der Waals surface area (Å²) in [6.07, 6.45) is -5.08. The van der Waals surface area contributed by atoms with E-state index in [1.165, 1.54) is 0 Å². The number of tetrazole rings is 1. The molecule has 10 nitrogen and oxygen atoms in total. The van der Waals surface area contributed by atoms with Gasteiger partial charge in [-0.05, 0) is 22.6 Å². The zero-order valence-corrected chi connectivity index (χ0v) is 14.2. The van der Waals surface area contributed by atoms with Crippen molar-refractivity contribution >= 4 is 34.2 Å². The zero-order valence-electron chi connectivity index (χ0n) is 14.2. The molecule has 13 heteroatoms. The Morgan fingerprint density at radius 2 is 1.96 bits per heavy atom. The summed E-state index contributed by atoms with van der Waals surface area (Å²) in [5.74, 6) is -1.96. The van der Waals surface area contributed by atoms with E-state index in [-0.39, 0.29) is 0 Å². The van der Waals surface area contributed by atoms with Crippen LogP contribution >= 0.6 is 0 Å². The summed E-state index contributed by atoms with van der Waals surface area (Å²) in [5, 5.41) is 22.4. The fourth-order valence-electron chi connectivity index (χ4n) is 2.59. The fraction of sp³-hybridized carbons (Fsp3) is 0.333. The van der Waals surface area contributed by atoms with Crippen molar-refractivity contribution in [2.24, 2.45) is 0 Å². The Hall–Kier alpha value is -3.53. The Labute approximate surface area is 155 Å². The van der Waals surface area contributed by atoms with E-state index in [0.29, 0.717) is 11.3 Å². The number of alkyl halides is 3. The number of anilines is 1. The minimum absolute atomic E-state index is 0.552. The van der Waals surface area contributed by atoms with Crippen LogP contribution in [0, 0.1) is 6.57 Å². The Morgan fingerprint density at radius 1 is 1.29 bits per heavy atom. The molecule has 0 unspecified atom stereocenters. The van der Waals surface area contributed by atoms with Gasteiger partial charge in [0.25, 0.3) is 0 Å². The standard InChI is InChI=1S/C13H12N8.C2HF3O2/c1-14-9-2-3-10-11(8-9)21-13(17-18-19-21)12(16-10)20-6-4-15-5-7-20;3-2(4,5)1(6)7/h2-3,8,15H,4-7H2;(H,6,7). The van der Waals surface area contributed by atoms with Gasteiger partial charge in [-0.3, -0.25) is 0 Å². The smallest absolute Gasteiger partial charge is 0.475 e. The highest BCUT2D eigenvalue weighted by molar-refractivity contribution is 5.85. The van der Waals surface area contributed by atoms with Gasteiger partial charge in [0, 0.05) is 26.2 Å². The van der Waals surface area contributed by atoms with Crippen molar-refractivity contribution in [3.63, 3.8) is 0 Å². The van der Waals surface area contributed by atoms with Crippen molar-refractivity contribution in [3.8, 4) is 0 Å². The highest BCUT2D eigenvalue weighted by atomic mass is 19.4. The number of hydrogen-bond donors (Lipinski definition) is 2. The maximum atomic E-state index is 10.6. The van der Waals surface area contributed by atoms with Crippen molar-refractivity contribution in [2.45, 2.75) is 6.18 Å². The number of fused-ring (bicyclic) bond motifs is 3. The number of benzene rings is 1. The van der Waals surface area contributed by atoms with E-state index in [4.69, 9.17) is 21.5 Å². The second-order valence-corrected chi connectivity index (χ2v) is 5.67. The molecule has 0 atom stereocenters. The van der Waals surface area contributed by atoms with E-state index >= 15 is 0 Å². The first-order chi connectivity index (χ1) is 13.3. The van der Waals surface area contributed by atoms with Gasteiger partial charge in [-0.2, -0.15) is 17.7 Å². The molecule has 0 bridgehead atoms. The van der Waals surface area contributed by atoms with Gasteiger partial charge in [-0.1, -0.05) is 6.07 Å². The number of aliphatic carboxylic acids is 1. The molecular weight excluding hydrogens is 381 g/mol. The van der Waals surface area contributed by atoms with Crippen LogP contribution in [0.5, 0.6) is 0 Å². The van der Waals surface area contributed by atoms with Crippen LogP contribution in [0.25, 0.3) is 21.5 Å². The monoisotopic (exact) mass is 394 g/mol. The molecule has 0 aliphatic carbocycles. The van der Waals surface area contributed by atoms with Crippen LogP contribution in [0.15, 0.2) is 18.2 Å². The number of piperazine rings is 1. The average Bonchev–Trinajstić information content (AvgIpc) is 3.17. The molecule has 2 aromatic heterocycles. The summed E-state index contributed by atoms with van der Waals surface area (Å²) in [6.45, 7) is 10.7. The Balaban J connectivity index is 0.000000279. The Bertz CT molecular complexity index is 1050. The maximum absolute atomic E-state index is 10.6. The topological polar surface area (TPSA) is 113 Å². The Morgan fingerprint density at radius 3 is 2.57 bits per heavy atom. The van der Waals surface area contributed by atoms with Crippen LogP contribution in [0.3, 0.4) is 0 Å². The second kappa shape index (κ2) is 7.61. The maximum Gasteiger partial charge on any atom is 0.490 e. The van der Waals surface area contributed by atoms with Gasteiger partial charge in [0.05, 0.1) is 17.6 Å². The molecule has 28 heavy (non-hydrogen) atoms. The van der Waals surface area contributed by atoms with Crippen molar-refractivity contribution in [3.05, 3.63) is 29.6 Å². The highest BCUT2D eigenvalue weighted by Gasteiger charge is 2.38. The van der Waals surface area contributed by atoms with Gasteiger partial charge in [0.15, 0.2) is 11.5 Å². The molecule has 1 aromatic carbocycles. The number of nitrogens with zero attached hydrogens (tertiary/aromatic N) is 7. The fourth-order valence-corrected chi connectivity index (χ4v) is 2.59. The van der Waals surface area contributed by atoms with Crippen LogP contribution in [0.2, 0.25) is 0 Å². The number of hydrogen-bond acceptors (Lipinski definition) is 7. The van der Waals surface area contributed by atoms with Gasteiger partial charge in [-0.25, -0.2) is 14.6 Å². The van der Waals surface area contributed by atoms with Crippen molar-refractivity contribution in [1.82, 2.24) is 30.3 Å². The van der Waals surface area contributed by atoms with Gasteiger partial charge < -0.3 is 15.3 Å². The van der Waals surface area contributed by atoms with Crippen LogP contribution in [-0.4, -0.2) is 68.5 Å². The molecule has 1 aliphatic heterocycles. The molecule has 3 heterocycles. The van der Waals surface area contributed by atoms with Crippen molar-refractivity contribution < 1.29 is 23.1 Å². The van der Waals surface area contributed by atoms with Crippen LogP contribution in [0.4, 0.5) is 24.7 Å². The summed E-state index contributed by atoms with van der Waals surface area (Å²) in [4.78, 5) is 19.2. The summed E-state index contributed by atoms with van der Waals surface area (Å²) < 4.78 is 33.4. The van der Waals surface area contributed by atoms with Gasteiger partial charge in [0.2, 0.25) is 5.65 Å². The second-order valence-electron chi connectivity index (χ2n) is 5.67.